The summed E-state index contributed by atoms with van der Waals surface area (Å²) in [5.74, 6) is 0.796. The molecule has 6 heteroatoms. The summed E-state index contributed by atoms with van der Waals surface area (Å²) < 4.78 is 1.83. The quantitative estimate of drug-likeness (QED) is 0.696. The fourth-order valence-electron chi connectivity index (χ4n) is 0.897. The summed E-state index contributed by atoms with van der Waals surface area (Å²) in [6.07, 6.45) is 3.34. The lowest BCUT2D eigenvalue weighted by Crippen LogP contribution is -1.87. The Morgan fingerprint density at radius 1 is 1.58 bits per heavy atom. The van der Waals surface area contributed by atoms with Gasteiger partial charge in [0, 0.05) is 7.05 Å². The number of aryl methyl sites for hydroxylation is 1. The molecule has 12 heavy (non-hydrogen) atoms. The number of anilines is 1. The van der Waals surface area contributed by atoms with Gasteiger partial charge in [-0.1, -0.05) is 11.3 Å². The number of hydrogen-bond donors (Lipinski definition) is 1. The summed E-state index contributed by atoms with van der Waals surface area (Å²) in [5, 5.41) is 8.23. The first-order valence-corrected chi connectivity index (χ1v) is 4.14. The topological polar surface area (TPSA) is 69.6 Å². The zero-order valence-electron chi connectivity index (χ0n) is 6.43. The zero-order chi connectivity index (χ0) is 8.55. The largest absolute Gasteiger partial charge is 0.375 e. The minimum Gasteiger partial charge on any atom is -0.375 e. The van der Waals surface area contributed by atoms with E-state index in [0.29, 0.717) is 5.13 Å². The van der Waals surface area contributed by atoms with Crippen molar-refractivity contribution in [3.8, 4) is 10.7 Å². The van der Waals surface area contributed by atoms with Crippen molar-refractivity contribution in [1.82, 2.24) is 19.7 Å². The average Bonchev–Trinajstić information content (AvgIpc) is 2.58. The van der Waals surface area contributed by atoms with E-state index in [1.807, 2.05) is 11.6 Å². The number of nitrogens with two attached hydrogens (primary N) is 1. The van der Waals surface area contributed by atoms with Crippen molar-refractivity contribution < 1.29 is 0 Å². The third-order valence-corrected chi connectivity index (χ3v) is 2.28. The molecule has 0 saturated heterocycles. The summed E-state index contributed by atoms with van der Waals surface area (Å²) in [6, 6.07) is 0. The highest BCUT2D eigenvalue weighted by Gasteiger charge is 2.06. The Balaban J connectivity index is 2.50. The van der Waals surface area contributed by atoms with Crippen LogP contribution in [0.15, 0.2) is 12.5 Å². The van der Waals surface area contributed by atoms with Crippen LogP contribution in [0.5, 0.6) is 0 Å². The van der Waals surface area contributed by atoms with Crippen molar-refractivity contribution in [2.24, 2.45) is 7.05 Å². The van der Waals surface area contributed by atoms with Crippen LogP contribution in [0.25, 0.3) is 10.7 Å². The fourth-order valence-corrected chi connectivity index (χ4v) is 1.61. The van der Waals surface area contributed by atoms with Crippen molar-refractivity contribution in [3.05, 3.63) is 12.5 Å². The van der Waals surface area contributed by atoms with Crippen LogP contribution in [-0.2, 0) is 7.05 Å². The number of nitrogen functional groups attached to an aromatic ring is 1. The van der Waals surface area contributed by atoms with E-state index in [4.69, 9.17) is 5.73 Å². The first kappa shape index (κ1) is 7.23. The summed E-state index contributed by atoms with van der Waals surface area (Å²) >= 11 is 1.40. The van der Waals surface area contributed by atoms with E-state index in [9.17, 15) is 0 Å². The number of nitrogens with zero attached hydrogens (tertiary/aromatic N) is 4. The summed E-state index contributed by atoms with van der Waals surface area (Å²) in [6.45, 7) is 0. The molecule has 2 rings (SSSR count). The Hall–Kier alpha value is -1.43. The molecule has 0 unspecified atom stereocenters. The number of rotatable bonds is 1. The highest BCUT2D eigenvalue weighted by molar-refractivity contribution is 7.18. The monoisotopic (exact) mass is 181 g/mol. The molecular formula is C6H7N5S. The Labute approximate surface area is 72.9 Å². The molecule has 0 amide bonds. The molecule has 62 valence electrons. The van der Waals surface area contributed by atoms with Gasteiger partial charge in [0.25, 0.3) is 0 Å². The average molecular weight is 181 g/mol. The maximum Gasteiger partial charge on any atom is 0.180 e. The lowest BCUT2D eigenvalue weighted by molar-refractivity contribution is 0.922. The second-order valence-electron chi connectivity index (χ2n) is 2.33. The summed E-state index contributed by atoms with van der Waals surface area (Å²) in [7, 11) is 1.88. The Morgan fingerprint density at radius 2 is 2.42 bits per heavy atom. The first-order chi connectivity index (χ1) is 5.77. The second kappa shape index (κ2) is 2.56. The fraction of sp³-hybridized carbons (Fsp3) is 0.167. The van der Waals surface area contributed by atoms with E-state index < -0.39 is 0 Å². The maximum atomic E-state index is 5.48. The third kappa shape index (κ3) is 1.06. The molecule has 2 aromatic heterocycles. The van der Waals surface area contributed by atoms with Crippen molar-refractivity contribution in [2.45, 2.75) is 0 Å². The van der Waals surface area contributed by atoms with Gasteiger partial charge in [-0.2, -0.15) is 0 Å². The molecule has 0 aliphatic rings. The number of thiazole rings is 1. The molecule has 2 heterocycles. The molecule has 0 spiro atoms. The molecule has 0 radical (unpaired) electrons. The van der Waals surface area contributed by atoms with Crippen molar-refractivity contribution in [1.29, 1.82) is 0 Å². The molecule has 0 fully saturated rings. The van der Waals surface area contributed by atoms with Gasteiger partial charge in [0.05, 0.1) is 11.1 Å². The van der Waals surface area contributed by atoms with Crippen molar-refractivity contribution in [3.63, 3.8) is 0 Å². The van der Waals surface area contributed by atoms with Gasteiger partial charge in [-0.05, 0) is 0 Å². The van der Waals surface area contributed by atoms with Crippen LogP contribution in [0.2, 0.25) is 0 Å². The Kier molecular flexibility index (Phi) is 1.54. The van der Waals surface area contributed by atoms with Crippen LogP contribution in [0.3, 0.4) is 0 Å². The van der Waals surface area contributed by atoms with E-state index in [2.05, 4.69) is 15.2 Å². The standard InChI is InChI=1S/C6H7N5S/c1-11-3-9-10-5(11)4-2-8-6(7)12-4/h2-3H,1H3,(H2,7,8). The molecule has 0 aliphatic heterocycles. The molecule has 0 atom stereocenters. The van der Waals surface area contributed by atoms with E-state index in [0.717, 1.165) is 10.7 Å². The van der Waals surface area contributed by atoms with Crippen LogP contribution < -0.4 is 5.73 Å². The Morgan fingerprint density at radius 3 is 2.92 bits per heavy atom. The normalized spacial score (nSPS) is 10.4. The number of hydrogen-bond acceptors (Lipinski definition) is 5. The van der Waals surface area contributed by atoms with Crippen LogP contribution in [0.1, 0.15) is 0 Å². The van der Waals surface area contributed by atoms with Gasteiger partial charge < -0.3 is 10.3 Å². The van der Waals surface area contributed by atoms with E-state index in [1.54, 1.807) is 12.5 Å². The third-order valence-electron chi connectivity index (χ3n) is 1.46. The van der Waals surface area contributed by atoms with Gasteiger partial charge in [0.1, 0.15) is 6.33 Å². The predicted octanol–water partition coefficient (Wildman–Crippen LogP) is 0.521. The lowest BCUT2D eigenvalue weighted by atomic mass is 10.5. The molecule has 2 aromatic rings. The van der Waals surface area contributed by atoms with Crippen LogP contribution in [0, 0.1) is 0 Å². The van der Waals surface area contributed by atoms with Gasteiger partial charge in [0.2, 0.25) is 0 Å². The predicted molar refractivity (Wildman–Crippen MR) is 46.5 cm³/mol. The second-order valence-corrected chi connectivity index (χ2v) is 3.39. The lowest BCUT2D eigenvalue weighted by Gasteiger charge is -1.92. The van der Waals surface area contributed by atoms with Crippen molar-refractivity contribution in [2.75, 3.05) is 5.73 Å². The highest BCUT2D eigenvalue weighted by atomic mass is 32.1. The van der Waals surface area contributed by atoms with Crippen molar-refractivity contribution >= 4 is 16.5 Å². The molecule has 0 saturated carbocycles. The number of aromatic nitrogens is 4. The van der Waals surface area contributed by atoms with Gasteiger partial charge in [0.15, 0.2) is 11.0 Å². The van der Waals surface area contributed by atoms with Crippen LogP contribution >= 0.6 is 11.3 Å². The zero-order valence-corrected chi connectivity index (χ0v) is 7.25. The SMILES string of the molecule is Cn1cnnc1-c1cnc(N)s1. The molecular weight excluding hydrogens is 174 g/mol. The van der Waals surface area contributed by atoms with Crippen LogP contribution in [-0.4, -0.2) is 19.7 Å². The highest BCUT2D eigenvalue weighted by Crippen LogP contribution is 2.24. The molecule has 0 bridgehead atoms. The molecule has 5 nitrogen and oxygen atoms in total. The maximum absolute atomic E-state index is 5.48. The Bertz CT molecular complexity index is 390. The molecule has 2 N–H and O–H groups in total. The summed E-state index contributed by atoms with van der Waals surface area (Å²) in [5.41, 5.74) is 5.48. The smallest absolute Gasteiger partial charge is 0.180 e. The van der Waals surface area contributed by atoms with Gasteiger partial charge in [-0.15, -0.1) is 10.2 Å². The molecule has 0 aliphatic carbocycles. The van der Waals surface area contributed by atoms with E-state index >= 15 is 0 Å². The molecule has 0 aromatic carbocycles. The van der Waals surface area contributed by atoms with Crippen LogP contribution in [0.4, 0.5) is 5.13 Å². The van der Waals surface area contributed by atoms with Gasteiger partial charge in [-0.25, -0.2) is 4.98 Å². The minimum absolute atomic E-state index is 0.549. The first-order valence-electron chi connectivity index (χ1n) is 3.33. The van der Waals surface area contributed by atoms with Gasteiger partial charge in [-0.3, -0.25) is 0 Å². The summed E-state index contributed by atoms with van der Waals surface area (Å²) in [4.78, 5) is 4.87. The van der Waals surface area contributed by atoms with E-state index in [-0.39, 0.29) is 0 Å². The van der Waals surface area contributed by atoms with Gasteiger partial charge >= 0.3 is 0 Å². The van der Waals surface area contributed by atoms with E-state index in [1.165, 1.54) is 11.3 Å². The minimum atomic E-state index is 0.549.